The molecule has 32 heavy (non-hydrogen) atoms. The molecule has 1 amide bonds. The minimum atomic E-state index is -0.0592. The van der Waals surface area contributed by atoms with Gasteiger partial charge < -0.3 is 18.9 Å². The SMILES string of the molecule is COc1ccc(-c2nc3cc(C(=O)NC4CCCC4)ccc3o2)c2c1oc1ccccc12. The number of benzene rings is 3. The van der Waals surface area contributed by atoms with Gasteiger partial charge in [0.1, 0.15) is 11.1 Å². The van der Waals surface area contributed by atoms with Gasteiger partial charge in [0.25, 0.3) is 5.91 Å². The lowest BCUT2D eigenvalue weighted by molar-refractivity contribution is 0.0938. The van der Waals surface area contributed by atoms with Crippen molar-refractivity contribution in [2.75, 3.05) is 7.11 Å². The molecule has 0 bridgehead atoms. The Labute approximate surface area is 184 Å². The van der Waals surface area contributed by atoms with Gasteiger partial charge in [0, 0.05) is 27.9 Å². The van der Waals surface area contributed by atoms with E-state index in [2.05, 4.69) is 5.32 Å². The van der Waals surface area contributed by atoms with Gasteiger partial charge in [-0.15, -0.1) is 0 Å². The van der Waals surface area contributed by atoms with Crippen LogP contribution in [0, 0.1) is 0 Å². The molecule has 160 valence electrons. The van der Waals surface area contributed by atoms with Crippen LogP contribution in [0.4, 0.5) is 0 Å². The smallest absolute Gasteiger partial charge is 0.251 e. The van der Waals surface area contributed by atoms with Crippen molar-refractivity contribution in [3.05, 3.63) is 60.2 Å². The van der Waals surface area contributed by atoms with Gasteiger partial charge in [-0.1, -0.05) is 31.0 Å². The Bertz CT molecular complexity index is 1470. The standard InChI is InChI=1S/C26H22N2O4/c1-30-22-13-11-18(23-17-8-4-5-9-20(17)31-24(22)23)26-28-19-14-15(10-12-21(19)32-26)25(29)27-16-6-2-3-7-16/h4-5,8-14,16H,2-3,6-7H2,1H3,(H,27,29). The van der Waals surface area contributed by atoms with E-state index in [0.29, 0.717) is 33.9 Å². The first-order chi connectivity index (χ1) is 15.7. The number of fused-ring (bicyclic) bond motifs is 4. The van der Waals surface area contributed by atoms with Crippen molar-refractivity contribution in [3.63, 3.8) is 0 Å². The van der Waals surface area contributed by atoms with Gasteiger partial charge in [-0.2, -0.15) is 0 Å². The normalized spacial score (nSPS) is 14.5. The number of furan rings is 1. The van der Waals surface area contributed by atoms with Crippen LogP contribution in [-0.4, -0.2) is 24.0 Å². The molecule has 1 saturated carbocycles. The fraction of sp³-hybridized carbons (Fsp3) is 0.231. The summed E-state index contributed by atoms with van der Waals surface area (Å²) in [5.74, 6) is 1.07. The zero-order valence-corrected chi connectivity index (χ0v) is 17.7. The predicted molar refractivity (Wildman–Crippen MR) is 123 cm³/mol. The first-order valence-electron chi connectivity index (χ1n) is 10.9. The fourth-order valence-corrected chi connectivity index (χ4v) is 4.67. The molecular weight excluding hydrogens is 404 g/mol. The molecule has 1 aliphatic carbocycles. The predicted octanol–water partition coefficient (Wildman–Crippen LogP) is 6.08. The summed E-state index contributed by atoms with van der Waals surface area (Å²) in [5.41, 5.74) is 4.13. The van der Waals surface area contributed by atoms with E-state index in [-0.39, 0.29) is 11.9 Å². The van der Waals surface area contributed by atoms with E-state index in [1.165, 1.54) is 12.8 Å². The highest BCUT2D eigenvalue weighted by Crippen LogP contribution is 2.41. The van der Waals surface area contributed by atoms with Crippen molar-refractivity contribution < 1.29 is 18.4 Å². The van der Waals surface area contributed by atoms with Gasteiger partial charge in [0.15, 0.2) is 16.9 Å². The molecule has 0 saturated heterocycles. The molecule has 0 unspecified atom stereocenters. The van der Waals surface area contributed by atoms with Crippen LogP contribution in [0.2, 0.25) is 0 Å². The largest absolute Gasteiger partial charge is 0.493 e. The second-order valence-corrected chi connectivity index (χ2v) is 8.27. The van der Waals surface area contributed by atoms with Gasteiger partial charge in [-0.25, -0.2) is 4.98 Å². The Morgan fingerprint density at radius 2 is 1.88 bits per heavy atom. The lowest BCUT2D eigenvalue weighted by atomic mass is 10.1. The Hall–Kier alpha value is -3.80. The van der Waals surface area contributed by atoms with Crippen molar-refractivity contribution in [2.45, 2.75) is 31.7 Å². The number of hydrogen-bond donors (Lipinski definition) is 1. The summed E-state index contributed by atoms with van der Waals surface area (Å²) in [5, 5.41) is 4.99. The summed E-state index contributed by atoms with van der Waals surface area (Å²) >= 11 is 0. The Balaban J connectivity index is 1.45. The highest BCUT2D eigenvalue weighted by molar-refractivity contribution is 6.13. The molecule has 0 atom stereocenters. The number of methoxy groups -OCH3 is 1. The summed E-state index contributed by atoms with van der Waals surface area (Å²) in [6.07, 6.45) is 4.45. The third kappa shape index (κ3) is 3.02. The zero-order valence-electron chi connectivity index (χ0n) is 17.7. The van der Waals surface area contributed by atoms with Crippen LogP contribution >= 0.6 is 0 Å². The number of aromatic nitrogens is 1. The molecule has 1 fully saturated rings. The maximum absolute atomic E-state index is 12.7. The van der Waals surface area contributed by atoms with Crippen LogP contribution in [0.25, 0.3) is 44.5 Å². The summed E-state index contributed by atoms with van der Waals surface area (Å²) in [7, 11) is 1.62. The Morgan fingerprint density at radius 3 is 2.72 bits per heavy atom. The van der Waals surface area contributed by atoms with Crippen LogP contribution in [0.3, 0.4) is 0 Å². The van der Waals surface area contributed by atoms with Gasteiger partial charge in [0.2, 0.25) is 5.89 Å². The Kier molecular flexibility index (Phi) is 4.38. The quantitative estimate of drug-likeness (QED) is 0.377. The molecule has 5 aromatic rings. The van der Waals surface area contributed by atoms with Gasteiger partial charge >= 0.3 is 0 Å². The van der Waals surface area contributed by atoms with E-state index < -0.39 is 0 Å². The first kappa shape index (κ1) is 18.9. The molecule has 2 heterocycles. The monoisotopic (exact) mass is 426 g/mol. The highest BCUT2D eigenvalue weighted by Gasteiger charge is 2.21. The number of amides is 1. The van der Waals surface area contributed by atoms with Crippen molar-refractivity contribution in [2.24, 2.45) is 0 Å². The summed E-state index contributed by atoms with van der Waals surface area (Å²) < 4.78 is 17.7. The minimum absolute atomic E-state index is 0.0592. The lowest BCUT2D eigenvalue weighted by Gasteiger charge is -2.11. The number of ether oxygens (including phenoxy) is 1. The summed E-state index contributed by atoms with van der Waals surface area (Å²) in [6, 6.07) is 17.3. The topological polar surface area (TPSA) is 77.5 Å². The van der Waals surface area contributed by atoms with Gasteiger partial charge in [-0.05, 0) is 49.2 Å². The molecule has 6 heteroatoms. The van der Waals surface area contributed by atoms with E-state index in [1.807, 2.05) is 42.5 Å². The van der Waals surface area contributed by atoms with Crippen LogP contribution in [0.5, 0.6) is 5.75 Å². The molecule has 0 aliphatic heterocycles. The molecule has 6 rings (SSSR count). The molecule has 0 spiro atoms. The van der Waals surface area contributed by atoms with Crippen LogP contribution in [0.1, 0.15) is 36.0 Å². The first-order valence-corrected chi connectivity index (χ1v) is 10.9. The van der Waals surface area contributed by atoms with Crippen molar-refractivity contribution >= 4 is 38.9 Å². The van der Waals surface area contributed by atoms with E-state index in [9.17, 15) is 4.79 Å². The average Bonchev–Trinajstić information content (AvgIpc) is 3.56. The number of nitrogens with one attached hydrogen (secondary N) is 1. The average molecular weight is 426 g/mol. The maximum Gasteiger partial charge on any atom is 0.251 e. The number of hydrogen-bond acceptors (Lipinski definition) is 5. The van der Waals surface area contributed by atoms with Gasteiger partial charge in [0.05, 0.1) is 7.11 Å². The second kappa shape index (κ2) is 7.41. The van der Waals surface area contributed by atoms with Crippen molar-refractivity contribution in [1.82, 2.24) is 10.3 Å². The van der Waals surface area contributed by atoms with E-state index in [0.717, 1.165) is 34.8 Å². The van der Waals surface area contributed by atoms with Crippen LogP contribution in [-0.2, 0) is 0 Å². The van der Waals surface area contributed by atoms with E-state index in [1.54, 1.807) is 19.2 Å². The van der Waals surface area contributed by atoms with Crippen LogP contribution < -0.4 is 10.1 Å². The molecule has 1 N–H and O–H groups in total. The third-order valence-corrected chi connectivity index (χ3v) is 6.28. The Morgan fingerprint density at radius 1 is 1.03 bits per heavy atom. The number of carbonyl (C=O) groups is 1. The number of para-hydroxylation sites is 1. The molecule has 3 aromatic carbocycles. The number of carbonyl (C=O) groups excluding carboxylic acids is 1. The number of rotatable bonds is 4. The molecule has 0 radical (unpaired) electrons. The number of nitrogens with zero attached hydrogens (tertiary/aromatic N) is 1. The summed E-state index contributed by atoms with van der Waals surface area (Å²) in [4.78, 5) is 17.4. The van der Waals surface area contributed by atoms with Crippen molar-refractivity contribution in [1.29, 1.82) is 0 Å². The maximum atomic E-state index is 12.7. The van der Waals surface area contributed by atoms with Crippen LogP contribution in [0.15, 0.2) is 63.4 Å². The molecular formula is C26H22N2O4. The fourth-order valence-electron chi connectivity index (χ4n) is 4.67. The summed E-state index contributed by atoms with van der Waals surface area (Å²) in [6.45, 7) is 0. The number of oxazole rings is 1. The zero-order chi connectivity index (χ0) is 21.7. The molecule has 2 aromatic heterocycles. The third-order valence-electron chi connectivity index (χ3n) is 6.28. The molecule has 1 aliphatic rings. The van der Waals surface area contributed by atoms with Crippen molar-refractivity contribution in [3.8, 4) is 17.2 Å². The van der Waals surface area contributed by atoms with Gasteiger partial charge in [-0.3, -0.25) is 4.79 Å². The lowest BCUT2D eigenvalue weighted by Crippen LogP contribution is -2.32. The minimum Gasteiger partial charge on any atom is -0.493 e. The van der Waals surface area contributed by atoms with E-state index >= 15 is 0 Å². The molecule has 6 nitrogen and oxygen atoms in total. The second-order valence-electron chi connectivity index (χ2n) is 8.27. The highest BCUT2D eigenvalue weighted by atomic mass is 16.5. The van der Waals surface area contributed by atoms with E-state index in [4.69, 9.17) is 18.6 Å².